The van der Waals surface area contributed by atoms with Crippen LogP contribution < -0.4 is 0 Å². The summed E-state index contributed by atoms with van der Waals surface area (Å²) in [5.74, 6) is -28.8. The van der Waals surface area contributed by atoms with Crippen LogP contribution in [0.5, 0.6) is 0 Å². The first-order valence-corrected chi connectivity index (χ1v) is 6.89. The molecule has 2 aromatic heterocycles. The van der Waals surface area contributed by atoms with Crippen molar-refractivity contribution in [2.45, 2.75) is 36.0 Å². The molecule has 0 aromatic carbocycles. The number of hydrogen-bond acceptors (Lipinski definition) is 4. The molecule has 160 valence electrons. The van der Waals surface area contributed by atoms with Crippen molar-refractivity contribution < 1.29 is 61.5 Å². The van der Waals surface area contributed by atoms with Crippen LogP contribution in [-0.2, 0) is 11.8 Å². The molecule has 0 bridgehead atoms. The van der Waals surface area contributed by atoms with Crippen LogP contribution in [0.2, 0.25) is 0 Å². The highest BCUT2D eigenvalue weighted by Crippen LogP contribution is 2.54. The van der Waals surface area contributed by atoms with E-state index in [9.17, 15) is 61.5 Å². The molecule has 2 heterocycles. The summed E-state index contributed by atoms with van der Waals surface area (Å²) in [6.07, 6.45) is -13.7. The molecular formula is C9F14N4S. The summed E-state index contributed by atoms with van der Waals surface area (Å²) in [4.78, 5) is -1.47. The minimum Gasteiger partial charge on any atom is -0.191 e. The monoisotopic (exact) mass is 462 g/mol. The number of nitrogens with zero attached hydrogens (tertiary/aromatic N) is 4. The molecular weight excluding hydrogens is 462 g/mol. The third-order valence-electron chi connectivity index (χ3n) is 3.04. The maximum Gasteiger partial charge on any atom is 0.460 e. The highest BCUT2D eigenvalue weighted by atomic mass is 32.1. The first-order valence-electron chi connectivity index (χ1n) is 6.07. The third-order valence-corrected chi connectivity index (χ3v) is 4.01. The number of alkyl halides is 14. The van der Waals surface area contributed by atoms with E-state index in [0.717, 1.165) is 0 Å². The van der Waals surface area contributed by atoms with Crippen molar-refractivity contribution in [1.29, 1.82) is 0 Å². The fourth-order valence-corrected chi connectivity index (χ4v) is 2.42. The van der Waals surface area contributed by atoms with Crippen molar-refractivity contribution >= 4 is 16.3 Å². The standard InChI is InChI=1S/C9F14N4S/c10-4(11,6(14,15)8(18,19)20)1-24-25-3-27(1)26-2(28-3)5(12,13)7(16,17)9(21,22)23. The fraction of sp³-hybridized carbons (Fsp3) is 0.667. The van der Waals surface area contributed by atoms with Crippen LogP contribution in [0.1, 0.15) is 10.8 Å². The molecule has 0 aliphatic rings. The van der Waals surface area contributed by atoms with Gasteiger partial charge in [0.1, 0.15) is 0 Å². The van der Waals surface area contributed by atoms with Gasteiger partial charge in [-0.25, -0.2) is 0 Å². The first-order chi connectivity index (χ1) is 12.2. The van der Waals surface area contributed by atoms with E-state index in [1.807, 2.05) is 0 Å². The van der Waals surface area contributed by atoms with Gasteiger partial charge in [-0.2, -0.15) is 71.1 Å². The van der Waals surface area contributed by atoms with Crippen LogP contribution in [-0.4, -0.2) is 44.0 Å². The fourth-order valence-electron chi connectivity index (χ4n) is 1.57. The lowest BCUT2D eigenvalue weighted by Crippen LogP contribution is -2.51. The molecule has 2 rings (SSSR count). The Morgan fingerprint density at radius 1 is 0.607 bits per heavy atom. The van der Waals surface area contributed by atoms with Crippen molar-refractivity contribution in [3.8, 4) is 0 Å². The highest BCUT2D eigenvalue weighted by molar-refractivity contribution is 7.16. The summed E-state index contributed by atoms with van der Waals surface area (Å²) in [7, 11) is 0. The van der Waals surface area contributed by atoms with E-state index in [-0.39, 0.29) is 0 Å². The summed E-state index contributed by atoms with van der Waals surface area (Å²) in [5, 5.41) is 4.36. The molecule has 4 nitrogen and oxygen atoms in total. The number of hydrogen-bond donors (Lipinski definition) is 0. The van der Waals surface area contributed by atoms with Crippen LogP contribution >= 0.6 is 11.3 Å². The summed E-state index contributed by atoms with van der Waals surface area (Å²) in [6, 6.07) is 0. The van der Waals surface area contributed by atoms with Gasteiger partial charge in [0.15, 0.2) is 5.01 Å². The van der Waals surface area contributed by atoms with E-state index in [1.54, 1.807) is 0 Å². The lowest BCUT2D eigenvalue weighted by atomic mass is 10.1. The van der Waals surface area contributed by atoms with Gasteiger partial charge in [0.05, 0.1) is 0 Å². The molecule has 0 aliphatic carbocycles. The number of halogens is 14. The van der Waals surface area contributed by atoms with Gasteiger partial charge >= 0.3 is 36.0 Å². The van der Waals surface area contributed by atoms with Gasteiger partial charge in [0, 0.05) is 0 Å². The van der Waals surface area contributed by atoms with E-state index in [0.29, 0.717) is 0 Å². The second-order valence-corrected chi connectivity index (χ2v) is 5.87. The van der Waals surface area contributed by atoms with Crippen LogP contribution in [0.4, 0.5) is 61.5 Å². The van der Waals surface area contributed by atoms with Crippen LogP contribution in [0.15, 0.2) is 0 Å². The maximum absolute atomic E-state index is 13.6. The molecule has 2 aromatic rings. The lowest BCUT2D eigenvalue weighted by Gasteiger charge is -2.26. The molecule has 0 radical (unpaired) electrons. The third kappa shape index (κ3) is 2.84. The topological polar surface area (TPSA) is 43.1 Å². The molecule has 0 fully saturated rings. The Kier molecular flexibility index (Phi) is 4.61. The zero-order valence-electron chi connectivity index (χ0n) is 12.0. The van der Waals surface area contributed by atoms with Crippen molar-refractivity contribution in [2.24, 2.45) is 0 Å². The SMILES string of the molecule is FC(F)(F)C(F)(F)C(F)(F)c1nn2c(C(F)(F)C(F)(F)C(F)(F)F)nnc2s1. The average molecular weight is 462 g/mol. The van der Waals surface area contributed by atoms with Gasteiger partial charge < -0.3 is 0 Å². The lowest BCUT2D eigenvalue weighted by molar-refractivity contribution is -0.362. The minimum absolute atomic E-state index is 0.903. The molecule has 0 atom stereocenters. The Balaban J connectivity index is 2.64. The van der Waals surface area contributed by atoms with E-state index in [2.05, 4.69) is 15.3 Å². The largest absolute Gasteiger partial charge is 0.460 e. The Labute approximate surface area is 145 Å². The van der Waals surface area contributed by atoms with Crippen LogP contribution in [0.3, 0.4) is 0 Å². The second-order valence-electron chi connectivity index (χ2n) is 4.92. The maximum atomic E-state index is 13.6. The normalized spacial score (nSPS) is 15.5. The van der Waals surface area contributed by atoms with Gasteiger partial charge in [0.2, 0.25) is 10.8 Å². The summed E-state index contributed by atoms with van der Waals surface area (Å²) >= 11 is -0.909. The van der Waals surface area contributed by atoms with Crippen LogP contribution in [0.25, 0.3) is 4.96 Å². The van der Waals surface area contributed by atoms with E-state index in [1.165, 1.54) is 0 Å². The highest BCUT2D eigenvalue weighted by Gasteiger charge is 2.77. The summed E-state index contributed by atoms with van der Waals surface area (Å²) in [5.41, 5.74) is 0. The van der Waals surface area contributed by atoms with E-state index in [4.69, 9.17) is 0 Å². The Morgan fingerprint density at radius 2 is 1.04 bits per heavy atom. The molecule has 0 amide bonds. The molecule has 0 spiro atoms. The van der Waals surface area contributed by atoms with Crippen molar-refractivity contribution in [3.05, 3.63) is 10.8 Å². The zero-order chi connectivity index (χ0) is 22.1. The number of rotatable bonds is 4. The smallest absolute Gasteiger partial charge is 0.191 e. The predicted molar refractivity (Wildman–Crippen MR) is 58.5 cm³/mol. The Hall–Kier alpha value is -1.95. The molecule has 19 heteroatoms. The molecule has 28 heavy (non-hydrogen) atoms. The van der Waals surface area contributed by atoms with E-state index < -0.39 is 67.7 Å². The van der Waals surface area contributed by atoms with Crippen molar-refractivity contribution in [2.75, 3.05) is 0 Å². The Morgan fingerprint density at radius 3 is 1.46 bits per heavy atom. The van der Waals surface area contributed by atoms with Gasteiger partial charge in [-0.15, -0.1) is 10.2 Å². The van der Waals surface area contributed by atoms with Crippen LogP contribution in [0, 0.1) is 0 Å². The van der Waals surface area contributed by atoms with Crippen molar-refractivity contribution in [3.63, 3.8) is 0 Å². The number of fused-ring (bicyclic) bond motifs is 1. The van der Waals surface area contributed by atoms with E-state index >= 15 is 0 Å². The van der Waals surface area contributed by atoms with Crippen molar-refractivity contribution in [1.82, 2.24) is 19.8 Å². The molecule has 0 saturated heterocycles. The average Bonchev–Trinajstić information content (AvgIpc) is 3.04. The number of aromatic nitrogens is 4. The summed E-state index contributed by atoms with van der Waals surface area (Å²) < 4.78 is 178. The molecule has 0 saturated carbocycles. The quantitative estimate of drug-likeness (QED) is 0.616. The molecule has 0 N–H and O–H groups in total. The molecule has 0 aliphatic heterocycles. The van der Waals surface area contributed by atoms with Gasteiger partial charge in [-0.05, 0) is 0 Å². The predicted octanol–water partition coefficient (Wildman–Crippen LogP) is 4.76. The first kappa shape index (κ1) is 22.3. The summed E-state index contributed by atoms with van der Waals surface area (Å²) in [6.45, 7) is 0. The minimum atomic E-state index is -6.88. The zero-order valence-corrected chi connectivity index (χ0v) is 12.8. The van der Waals surface area contributed by atoms with Gasteiger partial charge in [-0.1, -0.05) is 11.3 Å². The molecule has 0 unspecified atom stereocenters. The van der Waals surface area contributed by atoms with Gasteiger partial charge in [-0.3, -0.25) is 0 Å². The Bertz CT molecular complexity index is 874. The van der Waals surface area contributed by atoms with Gasteiger partial charge in [0.25, 0.3) is 0 Å². The second kappa shape index (κ2) is 5.78.